The number of rotatable bonds is 5. The van der Waals surface area contributed by atoms with Crippen molar-refractivity contribution in [3.8, 4) is 0 Å². The highest BCUT2D eigenvalue weighted by atomic mass is 127. The highest BCUT2D eigenvalue weighted by Gasteiger charge is 2.16. The van der Waals surface area contributed by atoms with E-state index in [-0.39, 0.29) is 24.0 Å². The van der Waals surface area contributed by atoms with Crippen molar-refractivity contribution in [1.29, 1.82) is 0 Å². The summed E-state index contributed by atoms with van der Waals surface area (Å²) in [5, 5.41) is 3.54. The van der Waals surface area contributed by atoms with Crippen LogP contribution in [-0.4, -0.2) is 51.3 Å². The van der Waals surface area contributed by atoms with E-state index >= 15 is 0 Å². The number of nitrogens with one attached hydrogen (secondary N) is 1. The molecule has 0 bridgehead atoms. The molecule has 0 aromatic heterocycles. The van der Waals surface area contributed by atoms with Gasteiger partial charge in [0.1, 0.15) is 0 Å². The van der Waals surface area contributed by atoms with Gasteiger partial charge in [0.2, 0.25) is 0 Å². The zero-order chi connectivity index (χ0) is 14.9. The van der Waals surface area contributed by atoms with Crippen LogP contribution in [0.15, 0.2) is 17.1 Å². The number of hydrogen-bond acceptors (Lipinski definition) is 2. The highest BCUT2D eigenvalue weighted by molar-refractivity contribution is 14.0. The van der Waals surface area contributed by atoms with Gasteiger partial charge in [-0.1, -0.05) is 12.2 Å². The van der Waals surface area contributed by atoms with E-state index in [9.17, 15) is 0 Å². The molecule has 1 fully saturated rings. The Morgan fingerprint density at radius 2 is 2.00 bits per heavy atom. The Labute approximate surface area is 152 Å². The molecule has 128 valence electrons. The minimum atomic E-state index is 0. The van der Waals surface area contributed by atoms with Crippen LogP contribution in [0.1, 0.15) is 38.5 Å². The van der Waals surface area contributed by atoms with Crippen molar-refractivity contribution < 1.29 is 4.74 Å². The number of nitrogens with zero attached hydrogens (tertiary/aromatic N) is 2. The van der Waals surface area contributed by atoms with Gasteiger partial charge in [0.25, 0.3) is 0 Å². The summed E-state index contributed by atoms with van der Waals surface area (Å²) in [4.78, 5) is 6.70. The summed E-state index contributed by atoms with van der Waals surface area (Å²) in [6.07, 6.45) is 12.0. The molecular weight excluding hydrogens is 389 g/mol. The molecule has 0 radical (unpaired) electrons. The van der Waals surface area contributed by atoms with Gasteiger partial charge in [-0.15, -0.1) is 24.0 Å². The normalized spacial score (nSPS) is 23.0. The average Bonchev–Trinajstić information content (AvgIpc) is 2.55. The summed E-state index contributed by atoms with van der Waals surface area (Å²) in [6.45, 7) is 4.00. The fourth-order valence-corrected chi connectivity index (χ4v) is 3.18. The third-order valence-electron chi connectivity index (χ3n) is 4.71. The molecule has 1 N–H and O–H groups in total. The predicted octanol–water partition coefficient (Wildman–Crippen LogP) is 3.28. The highest BCUT2D eigenvalue weighted by Crippen LogP contribution is 2.19. The lowest BCUT2D eigenvalue weighted by Gasteiger charge is -2.28. The van der Waals surface area contributed by atoms with Crippen LogP contribution in [0, 0.1) is 11.8 Å². The van der Waals surface area contributed by atoms with E-state index in [4.69, 9.17) is 4.74 Å². The SMILES string of the molecule is CN=C(NCC1CC=CCC1)N(C)CCC1CCOCC1.I. The van der Waals surface area contributed by atoms with E-state index in [1.807, 2.05) is 7.05 Å². The van der Waals surface area contributed by atoms with Crippen molar-refractivity contribution in [3.05, 3.63) is 12.2 Å². The van der Waals surface area contributed by atoms with Crippen molar-refractivity contribution in [2.24, 2.45) is 16.8 Å². The molecule has 4 nitrogen and oxygen atoms in total. The Kier molecular flexibility index (Phi) is 10.1. The standard InChI is InChI=1S/C17H31N3O.HI/c1-18-17(19-14-16-6-4-3-5-7-16)20(2)11-8-15-9-12-21-13-10-15;/h3-4,15-16H,5-14H2,1-2H3,(H,18,19);1H. The molecule has 1 saturated heterocycles. The molecule has 1 atom stereocenters. The van der Waals surface area contributed by atoms with Crippen molar-refractivity contribution in [1.82, 2.24) is 10.2 Å². The van der Waals surface area contributed by atoms with Crippen LogP contribution in [0.5, 0.6) is 0 Å². The Morgan fingerprint density at radius 1 is 1.23 bits per heavy atom. The molecule has 5 heteroatoms. The van der Waals surface area contributed by atoms with Crippen LogP contribution in [-0.2, 0) is 4.74 Å². The molecule has 2 rings (SSSR count). The van der Waals surface area contributed by atoms with Crippen molar-refractivity contribution in [3.63, 3.8) is 0 Å². The van der Waals surface area contributed by atoms with Crippen LogP contribution in [0.4, 0.5) is 0 Å². The predicted molar refractivity (Wildman–Crippen MR) is 104 cm³/mol. The number of allylic oxidation sites excluding steroid dienone is 2. The lowest BCUT2D eigenvalue weighted by Crippen LogP contribution is -2.42. The monoisotopic (exact) mass is 421 g/mol. The van der Waals surface area contributed by atoms with E-state index in [2.05, 4.69) is 34.4 Å². The maximum atomic E-state index is 5.43. The molecule has 0 aromatic rings. The Hall–Kier alpha value is -0.300. The summed E-state index contributed by atoms with van der Waals surface area (Å²) in [5.74, 6) is 2.62. The lowest BCUT2D eigenvalue weighted by molar-refractivity contribution is 0.0625. The van der Waals surface area contributed by atoms with Crippen LogP contribution in [0.2, 0.25) is 0 Å². The van der Waals surface area contributed by atoms with E-state index in [1.165, 1.54) is 38.5 Å². The molecule has 0 amide bonds. The molecule has 22 heavy (non-hydrogen) atoms. The van der Waals surface area contributed by atoms with Gasteiger partial charge >= 0.3 is 0 Å². The van der Waals surface area contributed by atoms with Gasteiger partial charge in [-0.2, -0.15) is 0 Å². The molecule has 0 saturated carbocycles. The number of halogens is 1. The van der Waals surface area contributed by atoms with E-state index < -0.39 is 0 Å². The maximum absolute atomic E-state index is 5.43. The average molecular weight is 421 g/mol. The van der Waals surface area contributed by atoms with Crippen LogP contribution < -0.4 is 5.32 Å². The summed E-state index contributed by atoms with van der Waals surface area (Å²) < 4.78 is 5.43. The number of hydrogen-bond donors (Lipinski definition) is 1. The van der Waals surface area contributed by atoms with E-state index in [1.54, 1.807) is 0 Å². The summed E-state index contributed by atoms with van der Waals surface area (Å²) in [7, 11) is 4.03. The second-order valence-corrected chi connectivity index (χ2v) is 6.34. The smallest absolute Gasteiger partial charge is 0.193 e. The molecule has 0 aromatic carbocycles. The van der Waals surface area contributed by atoms with E-state index in [0.717, 1.165) is 44.1 Å². The van der Waals surface area contributed by atoms with Gasteiger partial charge in [0.15, 0.2) is 5.96 Å². The second kappa shape index (κ2) is 11.3. The molecule has 2 aliphatic rings. The molecule has 1 heterocycles. The minimum Gasteiger partial charge on any atom is -0.381 e. The number of guanidine groups is 1. The van der Waals surface area contributed by atoms with Crippen molar-refractivity contribution >= 4 is 29.9 Å². The van der Waals surface area contributed by atoms with Gasteiger partial charge in [0.05, 0.1) is 0 Å². The molecule has 1 aliphatic carbocycles. The number of ether oxygens (including phenoxy) is 1. The van der Waals surface area contributed by atoms with Gasteiger partial charge in [0, 0.05) is 40.4 Å². The fraction of sp³-hybridized carbons (Fsp3) is 0.824. The topological polar surface area (TPSA) is 36.9 Å². The van der Waals surface area contributed by atoms with Gasteiger partial charge in [-0.3, -0.25) is 4.99 Å². The first kappa shape index (κ1) is 19.7. The Bertz CT molecular complexity index is 354. The first-order valence-electron chi connectivity index (χ1n) is 8.44. The summed E-state index contributed by atoms with van der Waals surface area (Å²) >= 11 is 0. The second-order valence-electron chi connectivity index (χ2n) is 6.34. The van der Waals surface area contributed by atoms with Crippen LogP contribution in [0.3, 0.4) is 0 Å². The first-order valence-corrected chi connectivity index (χ1v) is 8.44. The lowest BCUT2D eigenvalue weighted by atomic mass is 9.94. The van der Waals surface area contributed by atoms with Crippen molar-refractivity contribution in [2.75, 3.05) is 40.4 Å². The third kappa shape index (κ3) is 6.86. The molecule has 0 spiro atoms. The zero-order valence-electron chi connectivity index (χ0n) is 14.1. The quantitative estimate of drug-likeness (QED) is 0.321. The third-order valence-corrected chi connectivity index (χ3v) is 4.71. The minimum absolute atomic E-state index is 0. The first-order chi connectivity index (χ1) is 10.3. The van der Waals surface area contributed by atoms with E-state index in [0.29, 0.717) is 0 Å². The summed E-state index contributed by atoms with van der Waals surface area (Å²) in [5.41, 5.74) is 0. The Morgan fingerprint density at radius 3 is 2.64 bits per heavy atom. The van der Waals surface area contributed by atoms with Gasteiger partial charge < -0.3 is 15.0 Å². The number of aliphatic imine (C=N–C) groups is 1. The van der Waals surface area contributed by atoms with Gasteiger partial charge in [-0.05, 0) is 50.4 Å². The molecule has 1 unspecified atom stereocenters. The summed E-state index contributed by atoms with van der Waals surface area (Å²) in [6, 6.07) is 0. The fourth-order valence-electron chi connectivity index (χ4n) is 3.18. The molecule has 1 aliphatic heterocycles. The van der Waals surface area contributed by atoms with Crippen LogP contribution >= 0.6 is 24.0 Å². The molecular formula is C17H32IN3O. The maximum Gasteiger partial charge on any atom is 0.193 e. The zero-order valence-corrected chi connectivity index (χ0v) is 16.4. The largest absolute Gasteiger partial charge is 0.381 e. The van der Waals surface area contributed by atoms with Crippen molar-refractivity contribution in [2.45, 2.75) is 38.5 Å². The van der Waals surface area contributed by atoms with Crippen LogP contribution in [0.25, 0.3) is 0 Å². The van der Waals surface area contributed by atoms with Gasteiger partial charge in [-0.25, -0.2) is 0 Å². The Balaban J connectivity index is 0.00000242.